The zero-order valence-electron chi connectivity index (χ0n) is 4.89. The van der Waals surface area contributed by atoms with Gasteiger partial charge in [0.05, 0.1) is 0 Å². The maximum absolute atomic E-state index is 8.48. The van der Waals surface area contributed by atoms with Crippen molar-refractivity contribution in [3.63, 3.8) is 0 Å². The van der Waals surface area contributed by atoms with Gasteiger partial charge in [-0.1, -0.05) is 67.8 Å². The lowest BCUT2D eigenvalue weighted by atomic mass is 10.3. The van der Waals surface area contributed by atoms with Crippen molar-refractivity contribution < 1.29 is 15.3 Å². The van der Waals surface area contributed by atoms with E-state index < -0.39 is 5.97 Å². The van der Waals surface area contributed by atoms with Crippen LogP contribution in [0.25, 0.3) is 0 Å². The molecule has 0 aromatic heterocycles. The van der Waals surface area contributed by atoms with Gasteiger partial charge in [0, 0.05) is 6.42 Å². The summed E-state index contributed by atoms with van der Waals surface area (Å²) in [6, 6.07) is 0. The van der Waals surface area contributed by atoms with E-state index in [9.17, 15) is 0 Å². The largest absolute Gasteiger partial charge is 0.344 e. The molecule has 6 heteroatoms. The van der Waals surface area contributed by atoms with Gasteiger partial charge in [-0.2, -0.15) is 0 Å². The fourth-order valence-corrected chi connectivity index (χ4v) is 1.12. The van der Waals surface area contributed by atoms with Crippen molar-refractivity contribution in [2.24, 2.45) is 0 Å². The molecule has 62 valence electrons. The molecule has 0 aliphatic rings. The second-order valence-corrected chi connectivity index (χ2v) is 13.6. The molecule has 0 spiro atoms. The summed E-state index contributed by atoms with van der Waals surface area (Å²) < 4.78 is -0.0628. The highest BCUT2D eigenvalue weighted by molar-refractivity contribution is 14.3. The normalized spacial score (nSPS) is 13.8. The average Bonchev–Trinajstić information content (AvgIpc) is 1.57. The number of rotatable bonds is 3. The Labute approximate surface area is 100 Å². The first-order chi connectivity index (χ1) is 4.21. The molecule has 0 saturated carbocycles. The SMILES string of the molecule is OC(O)(O)CCC(I)(I)I. The van der Waals surface area contributed by atoms with E-state index in [0.717, 1.165) is 0 Å². The lowest BCUT2D eigenvalue weighted by Crippen LogP contribution is -2.28. The van der Waals surface area contributed by atoms with E-state index in [1.807, 2.05) is 0 Å². The molecule has 0 aliphatic carbocycles. The number of halogens is 3. The van der Waals surface area contributed by atoms with Crippen LogP contribution < -0.4 is 0 Å². The Morgan fingerprint density at radius 1 is 0.900 bits per heavy atom. The first-order valence-electron chi connectivity index (χ1n) is 2.44. The van der Waals surface area contributed by atoms with Crippen LogP contribution in [-0.4, -0.2) is 20.7 Å². The van der Waals surface area contributed by atoms with Gasteiger partial charge in [-0.05, 0) is 6.42 Å². The number of alkyl halides is 3. The standard InChI is InChI=1S/C4H7I3O3/c5-3(6,7)1-2-4(8,9)10/h8-10H,1-2H2. The average molecular weight is 484 g/mol. The van der Waals surface area contributed by atoms with Crippen molar-refractivity contribution in [2.75, 3.05) is 0 Å². The van der Waals surface area contributed by atoms with Gasteiger partial charge >= 0.3 is 0 Å². The molecule has 0 fully saturated rings. The highest BCUT2D eigenvalue weighted by atomic mass is 127. The van der Waals surface area contributed by atoms with Crippen molar-refractivity contribution >= 4 is 67.8 Å². The number of hydrogen-bond donors (Lipinski definition) is 3. The minimum atomic E-state index is -2.51. The second-order valence-electron chi connectivity index (χ2n) is 1.89. The Morgan fingerprint density at radius 2 is 1.30 bits per heavy atom. The number of aliphatic hydroxyl groups is 3. The zero-order chi connectivity index (χ0) is 8.41. The van der Waals surface area contributed by atoms with Crippen molar-refractivity contribution in [1.29, 1.82) is 0 Å². The third kappa shape index (κ3) is 10.1. The van der Waals surface area contributed by atoms with E-state index in [1.165, 1.54) is 0 Å². The van der Waals surface area contributed by atoms with E-state index in [0.29, 0.717) is 6.42 Å². The predicted molar refractivity (Wildman–Crippen MR) is 63.4 cm³/mol. The smallest absolute Gasteiger partial charge is 0.275 e. The van der Waals surface area contributed by atoms with E-state index in [2.05, 4.69) is 67.8 Å². The highest BCUT2D eigenvalue weighted by Gasteiger charge is 2.25. The van der Waals surface area contributed by atoms with Gasteiger partial charge in [-0.25, -0.2) is 0 Å². The van der Waals surface area contributed by atoms with Crippen LogP contribution in [0.4, 0.5) is 0 Å². The minimum absolute atomic E-state index is 0.0260. The molecule has 0 aromatic rings. The summed E-state index contributed by atoms with van der Waals surface area (Å²) in [5.74, 6) is -2.51. The van der Waals surface area contributed by atoms with Gasteiger partial charge in [0.15, 0.2) is 0 Å². The van der Waals surface area contributed by atoms with Crippen LogP contribution in [0.1, 0.15) is 12.8 Å². The van der Waals surface area contributed by atoms with Gasteiger partial charge in [0.1, 0.15) is -0.565 Å². The molecule has 0 bridgehead atoms. The van der Waals surface area contributed by atoms with Gasteiger partial charge in [0.2, 0.25) is 0 Å². The molecule has 0 saturated heterocycles. The summed E-state index contributed by atoms with van der Waals surface area (Å²) >= 11 is 6.47. The van der Waals surface area contributed by atoms with Crippen molar-refractivity contribution in [2.45, 2.75) is 18.2 Å². The lowest BCUT2D eigenvalue weighted by molar-refractivity contribution is -0.314. The molecule has 3 N–H and O–H groups in total. The van der Waals surface area contributed by atoms with E-state index >= 15 is 0 Å². The fourth-order valence-electron chi connectivity index (χ4n) is 0.309. The maximum Gasteiger partial charge on any atom is 0.275 e. The molecule has 3 nitrogen and oxygen atoms in total. The maximum atomic E-state index is 8.48. The Balaban J connectivity index is 3.56. The van der Waals surface area contributed by atoms with Crippen LogP contribution in [0, 0.1) is 0 Å². The Hall–Kier alpha value is 2.07. The van der Waals surface area contributed by atoms with Gasteiger partial charge in [0.25, 0.3) is 5.97 Å². The van der Waals surface area contributed by atoms with Gasteiger partial charge in [-0.3, -0.25) is 0 Å². The summed E-state index contributed by atoms with van der Waals surface area (Å²) in [6.45, 7) is 0. The Morgan fingerprint density at radius 3 is 1.40 bits per heavy atom. The first-order valence-corrected chi connectivity index (χ1v) is 5.68. The Bertz CT molecular complexity index is 89.3. The lowest BCUT2D eigenvalue weighted by Gasteiger charge is -2.17. The van der Waals surface area contributed by atoms with Crippen LogP contribution in [0.5, 0.6) is 0 Å². The summed E-state index contributed by atoms with van der Waals surface area (Å²) in [7, 11) is 0. The highest BCUT2D eigenvalue weighted by Crippen LogP contribution is 2.40. The molecular weight excluding hydrogens is 477 g/mol. The first kappa shape index (κ1) is 12.1. The van der Waals surface area contributed by atoms with Crippen LogP contribution in [0.3, 0.4) is 0 Å². The molecule has 0 heterocycles. The third-order valence-electron chi connectivity index (χ3n) is 0.744. The molecule has 0 rings (SSSR count). The summed E-state index contributed by atoms with van der Waals surface area (Å²) in [5.41, 5.74) is 0. The molecule has 0 aliphatic heterocycles. The molecule has 0 aromatic carbocycles. The van der Waals surface area contributed by atoms with Crippen molar-refractivity contribution in [1.82, 2.24) is 0 Å². The summed E-state index contributed by atoms with van der Waals surface area (Å²) in [6.07, 6.45) is 0.514. The molecular formula is C4H7I3O3. The second kappa shape index (κ2) is 4.35. The van der Waals surface area contributed by atoms with Crippen molar-refractivity contribution in [3.05, 3.63) is 0 Å². The van der Waals surface area contributed by atoms with Crippen molar-refractivity contribution in [3.8, 4) is 0 Å². The minimum Gasteiger partial charge on any atom is -0.344 e. The fraction of sp³-hybridized carbons (Fsp3) is 1.00. The van der Waals surface area contributed by atoms with Crippen LogP contribution in [0.2, 0.25) is 0 Å². The Kier molecular flexibility index (Phi) is 5.25. The van der Waals surface area contributed by atoms with Crippen LogP contribution >= 0.6 is 67.8 Å². The molecule has 0 amide bonds. The quantitative estimate of drug-likeness (QED) is 0.323. The third-order valence-corrected chi connectivity index (χ3v) is 2.36. The summed E-state index contributed by atoms with van der Waals surface area (Å²) in [5, 5.41) is 25.4. The van der Waals surface area contributed by atoms with Crippen LogP contribution in [-0.2, 0) is 0 Å². The zero-order valence-corrected chi connectivity index (χ0v) is 11.4. The van der Waals surface area contributed by atoms with E-state index in [1.54, 1.807) is 0 Å². The number of hydrogen-bond acceptors (Lipinski definition) is 3. The predicted octanol–water partition coefficient (Wildman–Crippen LogP) is 1.36. The molecule has 0 unspecified atom stereocenters. The van der Waals surface area contributed by atoms with Gasteiger partial charge < -0.3 is 15.3 Å². The monoisotopic (exact) mass is 484 g/mol. The van der Waals surface area contributed by atoms with Crippen LogP contribution in [0.15, 0.2) is 0 Å². The molecule has 0 atom stereocenters. The van der Waals surface area contributed by atoms with E-state index in [-0.39, 0.29) is 5.86 Å². The topological polar surface area (TPSA) is 60.7 Å². The van der Waals surface area contributed by atoms with E-state index in [4.69, 9.17) is 15.3 Å². The van der Waals surface area contributed by atoms with Gasteiger partial charge in [-0.15, -0.1) is 0 Å². The molecule has 10 heavy (non-hydrogen) atoms. The molecule has 0 radical (unpaired) electrons. The summed E-state index contributed by atoms with van der Waals surface area (Å²) in [4.78, 5) is 0.